The van der Waals surface area contributed by atoms with E-state index >= 15 is 0 Å². The summed E-state index contributed by atoms with van der Waals surface area (Å²) in [6.45, 7) is 4.97. The third kappa shape index (κ3) is 4.18. The van der Waals surface area contributed by atoms with Gasteiger partial charge in [-0.1, -0.05) is 19.1 Å². The summed E-state index contributed by atoms with van der Waals surface area (Å²) in [6.07, 6.45) is 1.85. The highest BCUT2D eigenvalue weighted by atomic mass is 16.5. The summed E-state index contributed by atoms with van der Waals surface area (Å²) < 4.78 is 10.8. The van der Waals surface area contributed by atoms with Crippen LogP contribution in [0.5, 0.6) is 11.5 Å². The van der Waals surface area contributed by atoms with Gasteiger partial charge in [0, 0.05) is 18.0 Å². The zero-order valence-corrected chi connectivity index (χ0v) is 12.2. The Morgan fingerprint density at radius 1 is 1.26 bits per heavy atom. The Morgan fingerprint density at radius 2 is 2.05 bits per heavy atom. The minimum absolute atomic E-state index is 0.164. The van der Waals surface area contributed by atoms with Crippen LogP contribution in [0.2, 0.25) is 0 Å². The molecule has 0 bridgehead atoms. The summed E-state index contributed by atoms with van der Waals surface area (Å²) >= 11 is 0. The standard InChI is InChI=1S/C16H23NO2/c1-5-7-10-14(17-12-6-2)13-9-8-11-15(18-3)16(13)19-4/h8-9,11,14,17H,6,10,12H2,1-4H3. The van der Waals surface area contributed by atoms with E-state index in [-0.39, 0.29) is 6.04 Å². The monoisotopic (exact) mass is 261 g/mol. The molecule has 3 heteroatoms. The molecule has 1 rings (SSSR count). The van der Waals surface area contributed by atoms with Crippen molar-refractivity contribution in [3.8, 4) is 23.3 Å². The molecule has 3 nitrogen and oxygen atoms in total. The minimum Gasteiger partial charge on any atom is -0.493 e. The van der Waals surface area contributed by atoms with Gasteiger partial charge >= 0.3 is 0 Å². The second-order valence-corrected chi connectivity index (χ2v) is 4.22. The van der Waals surface area contributed by atoms with E-state index < -0.39 is 0 Å². The van der Waals surface area contributed by atoms with Crippen molar-refractivity contribution in [1.29, 1.82) is 0 Å². The van der Waals surface area contributed by atoms with Crippen molar-refractivity contribution in [2.24, 2.45) is 0 Å². The molecule has 0 spiro atoms. The lowest BCUT2D eigenvalue weighted by Crippen LogP contribution is -2.22. The number of para-hydroxylation sites is 1. The molecule has 104 valence electrons. The van der Waals surface area contributed by atoms with Crippen LogP contribution in [0.15, 0.2) is 18.2 Å². The van der Waals surface area contributed by atoms with Crippen LogP contribution in [0.25, 0.3) is 0 Å². The highest BCUT2D eigenvalue weighted by Gasteiger charge is 2.17. The first-order chi connectivity index (χ1) is 9.28. The first kappa shape index (κ1) is 15.4. The molecule has 1 unspecified atom stereocenters. The molecule has 0 radical (unpaired) electrons. The van der Waals surface area contributed by atoms with E-state index in [9.17, 15) is 0 Å². The molecule has 0 saturated carbocycles. The Balaban J connectivity index is 3.07. The number of nitrogens with one attached hydrogen (secondary N) is 1. The fourth-order valence-corrected chi connectivity index (χ4v) is 2.00. The highest BCUT2D eigenvalue weighted by Crippen LogP contribution is 2.35. The minimum atomic E-state index is 0.164. The molecule has 0 aliphatic rings. The third-order valence-electron chi connectivity index (χ3n) is 2.93. The molecule has 0 heterocycles. The maximum absolute atomic E-state index is 5.50. The molecule has 1 aromatic carbocycles. The normalized spacial score (nSPS) is 11.4. The smallest absolute Gasteiger partial charge is 0.165 e. The first-order valence-electron chi connectivity index (χ1n) is 6.62. The zero-order chi connectivity index (χ0) is 14.1. The molecule has 0 aliphatic heterocycles. The van der Waals surface area contributed by atoms with Gasteiger partial charge < -0.3 is 14.8 Å². The molecule has 1 aromatic rings. The van der Waals surface area contributed by atoms with Crippen LogP contribution >= 0.6 is 0 Å². The second kappa shape index (κ2) is 8.44. The van der Waals surface area contributed by atoms with Crippen LogP contribution in [0.3, 0.4) is 0 Å². The van der Waals surface area contributed by atoms with E-state index in [0.29, 0.717) is 0 Å². The average Bonchev–Trinajstić information content (AvgIpc) is 2.46. The Labute approximate surface area is 116 Å². The molecule has 0 aromatic heterocycles. The van der Waals surface area contributed by atoms with Crippen molar-refractivity contribution in [1.82, 2.24) is 5.32 Å². The predicted octanol–water partition coefficient (Wildman–Crippen LogP) is 3.16. The van der Waals surface area contributed by atoms with Gasteiger partial charge in [0.05, 0.1) is 14.2 Å². The van der Waals surface area contributed by atoms with Gasteiger partial charge in [-0.05, 0) is 26.0 Å². The quantitative estimate of drug-likeness (QED) is 0.765. The van der Waals surface area contributed by atoms with E-state index in [1.165, 1.54) is 0 Å². The number of rotatable bonds is 7. The average molecular weight is 261 g/mol. The van der Waals surface area contributed by atoms with E-state index in [1.54, 1.807) is 14.2 Å². The second-order valence-electron chi connectivity index (χ2n) is 4.22. The van der Waals surface area contributed by atoms with Crippen molar-refractivity contribution < 1.29 is 9.47 Å². The van der Waals surface area contributed by atoms with E-state index in [1.807, 2.05) is 19.1 Å². The van der Waals surface area contributed by atoms with Gasteiger partial charge in [0.15, 0.2) is 11.5 Å². The summed E-state index contributed by atoms with van der Waals surface area (Å²) in [5.41, 5.74) is 1.10. The SMILES string of the molecule is CC#CCC(NCCC)c1cccc(OC)c1OC. The lowest BCUT2D eigenvalue weighted by molar-refractivity contribution is 0.346. The first-order valence-corrected chi connectivity index (χ1v) is 6.62. The largest absolute Gasteiger partial charge is 0.493 e. The van der Waals surface area contributed by atoms with Crippen LogP contribution in [-0.4, -0.2) is 20.8 Å². The number of methoxy groups -OCH3 is 2. The number of hydrogen-bond donors (Lipinski definition) is 1. The Morgan fingerprint density at radius 3 is 2.63 bits per heavy atom. The summed E-state index contributed by atoms with van der Waals surface area (Å²) in [7, 11) is 3.33. The Kier molecular flexibility index (Phi) is 6.84. The fourth-order valence-electron chi connectivity index (χ4n) is 2.00. The van der Waals surface area contributed by atoms with Crippen LogP contribution in [0.4, 0.5) is 0 Å². The molecule has 0 aliphatic carbocycles. The predicted molar refractivity (Wildman–Crippen MR) is 78.6 cm³/mol. The van der Waals surface area contributed by atoms with Crippen molar-refractivity contribution >= 4 is 0 Å². The van der Waals surface area contributed by atoms with Crippen molar-refractivity contribution in [3.05, 3.63) is 23.8 Å². The highest BCUT2D eigenvalue weighted by molar-refractivity contribution is 5.48. The van der Waals surface area contributed by atoms with Gasteiger partial charge in [0.2, 0.25) is 0 Å². The molecule has 19 heavy (non-hydrogen) atoms. The van der Waals surface area contributed by atoms with E-state index in [0.717, 1.165) is 36.4 Å². The maximum atomic E-state index is 5.50. The summed E-state index contributed by atoms with van der Waals surface area (Å²) in [5.74, 6) is 7.63. The van der Waals surface area contributed by atoms with Crippen LogP contribution < -0.4 is 14.8 Å². The van der Waals surface area contributed by atoms with E-state index in [4.69, 9.17) is 9.47 Å². The van der Waals surface area contributed by atoms with Crippen molar-refractivity contribution in [3.63, 3.8) is 0 Å². The van der Waals surface area contributed by atoms with Gasteiger partial charge in [0.1, 0.15) is 0 Å². The number of ether oxygens (including phenoxy) is 2. The van der Waals surface area contributed by atoms with Gasteiger partial charge in [-0.3, -0.25) is 0 Å². The molecular weight excluding hydrogens is 238 g/mol. The molecule has 0 fully saturated rings. The number of benzene rings is 1. The van der Waals surface area contributed by atoms with Crippen molar-refractivity contribution in [2.75, 3.05) is 20.8 Å². The molecule has 1 N–H and O–H groups in total. The third-order valence-corrected chi connectivity index (χ3v) is 2.93. The summed E-state index contributed by atoms with van der Waals surface area (Å²) in [4.78, 5) is 0. The van der Waals surface area contributed by atoms with Gasteiger partial charge in [-0.15, -0.1) is 11.8 Å². The van der Waals surface area contributed by atoms with Gasteiger partial charge in [-0.2, -0.15) is 0 Å². The van der Waals surface area contributed by atoms with Crippen LogP contribution in [-0.2, 0) is 0 Å². The fraction of sp³-hybridized carbons (Fsp3) is 0.500. The summed E-state index contributed by atoms with van der Waals surface area (Å²) in [5, 5.41) is 3.51. The molecule has 0 saturated heterocycles. The summed E-state index contributed by atoms with van der Waals surface area (Å²) in [6, 6.07) is 6.12. The van der Waals surface area contributed by atoms with Crippen LogP contribution in [0.1, 0.15) is 38.3 Å². The maximum Gasteiger partial charge on any atom is 0.165 e. The Bertz CT molecular complexity index is 446. The van der Waals surface area contributed by atoms with E-state index in [2.05, 4.69) is 30.1 Å². The lowest BCUT2D eigenvalue weighted by Gasteiger charge is -2.20. The molecule has 0 amide bonds. The zero-order valence-electron chi connectivity index (χ0n) is 12.2. The van der Waals surface area contributed by atoms with Crippen molar-refractivity contribution in [2.45, 2.75) is 32.7 Å². The molecule has 1 atom stereocenters. The topological polar surface area (TPSA) is 30.5 Å². The Hall–Kier alpha value is -1.66. The van der Waals surface area contributed by atoms with Crippen LogP contribution in [0, 0.1) is 11.8 Å². The number of hydrogen-bond acceptors (Lipinski definition) is 3. The molecular formula is C16H23NO2. The van der Waals surface area contributed by atoms with Gasteiger partial charge in [-0.25, -0.2) is 0 Å². The lowest BCUT2D eigenvalue weighted by atomic mass is 10.0. The van der Waals surface area contributed by atoms with Gasteiger partial charge in [0.25, 0.3) is 0 Å².